The topological polar surface area (TPSA) is 83.1 Å². The Balaban J connectivity index is 4.72. The number of rotatable bonds is 8. The van der Waals surface area contributed by atoms with Gasteiger partial charge in [-0.05, 0) is 34.1 Å². The Kier molecular flexibility index (Phi) is 7.87. The normalized spacial score (nSPS) is 13.3. The van der Waals surface area contributed by atoms with E-state index in [-0.39, 0.29) is 24.8 Å². The molecule has 6 heteroatoms. The molecule has 0 heterocycles. The van der Waals surface area contributed by atoms with Gasteiger partial charge in [-0.3, -0.25) is 4.57 Å². The zero-order valence-corrected chi connectivity index (χ0v) is 12.3. The molecular weight excluding hydrogens is 251 g/mol. The summed E-state index contributed by atoms with van der Waals surface area (Å²) in [5, 5.41) is 17.5. The fraction of sp³-hybridized carbons (Fsp3) is 0.833. The third kappa shape index (κ3) is 7.45. The van der Waals surface area contributed by atoms with Crippen molar-refractivity contribution < 1.29 is 13.6 Å². The summed E-state index contributed by atoms with van der Waals surface area (Å²) < 4.78 is 23.2. The van der Waals surface area contributed by atoms with Crippen LogP contribution in [0.15, 0.2) is 0 Å². The number of hydrogen-bond acceptors (Lipinski definition) is 5. The van der Waals surface area contributed by atoms with Crippen molar-refractivity contribution in [1.82, 2.24) is 0 Å². The first-order valence-corrected chi connectivity index (χ1v) is 7.78. The molecular formula is C12H21N2O3P. The van der Waals surface area contributed by atoms with Crippen LogP contribution < -0.4 is 0 Å². The molecule has 102 valence electrons. The molecule has 0 rings (SSSR count). The summed E-state index contributed by atoms with van der Waals surface area (Å²) in [6, 6.07) is 4.03. The Bertz CT molecular complexity index is 354. The third-order valence-corrected chi connectivity index (χ3v) is 4.35. The zero-order valence-electron chi connectivity index (χ0n) is 11.4. The van der Waals surface area contributed by atoms with Crippen molar-refractivity contribution in [1.29, 1.82) is 10.5 Å². The van der Waals surface area contributed by atoms with E-state index in [0.717, 1.165) is 0 Å². The van der Waals surface area contributed by atoms with Crippen LogP contribution in [-0.4, -0.2) is 18.4 Å². The Morgan fingerprint density at radius 3 is 1.94 bits per heavy atom. The van der Waals surface area contributed by atoms with Crippen molar-refractivity contribution >= 4 is 7.60 Å². The molecule has 0 spiro atoms. The second-order valence-corrected chi connectivity index (χ2v) is 6.63. The summed E-state index contributed by atoms with van der Waals surface area (Å²) in [5.41, 5.74) is 0. The largest absolute Gasteiger partial charge is 0.332 e. The van der Waals surface area contributed by atoms with E-state index in [1.54, 1.807) is 27.7 Å². The van der Waals surface area contributed by atoms with Gasteiger partial charge in [-0.1, -0.05) is 0 Å². The highest BCUT2D eigenvalue weighted by atomic mass is 31.2. The molecule has 0 aliphatic rings. The van der Waals surface area contributed by atoms with E-state index in [2.05, 4.69) is 6.07 Å². The second-order valence-electron chi connectivity index (χ2n) is 4.62. The van der Waals surface area contributed by atoms with E-state index >= 15 is 0 Å². The van der Waals surface area contributed by atoms with Crippen LogP contribution in [-0.2, 0) is 13.6 Å². The predicted molar refractivity (Wildman–Crippen MR) is 68.9 cm³/mol. The van der Waals surface area contributed by atoms with Crippen LogP contribution in [0.1, 0.15) is 40.5 Å². The zero-order chi connectivity index (χ0) is 14.2. The SMILES string of the molecule is CC(C)OP(=O)(CC(C#N)CCC#N)OC(C)C. The van der Waals surface area contributed by atoms with E-state index in [0.29, 0.717) is 6.42 Å². The second kappa shape index (κ2) is 8.27. The molecule has 0 aromatic carbocycles. The molecule has 0 aliphatic carbocycles. The van der Waals surface area contributed by atoms with Gasteiger partial charge in [0.1, 0.15) is 0 Å². The lowest BCUT2D eigenvalue weighted by Gasteiger charge is -2.24. The fourth-order valence-electron chi connectivity index (χ4n) is 1.46. The highest BCUT2D eigenvalue weighted by Gasteiger charge is 2.31. The maximum atomic E-state index is 12.5. The molecule has 1 atom stereocenters. The van der Waals surface area contributed by atoms with E-state index in [1.165, 1.54) is 0 Å². The predicted octanol–water partition coefficient (Wildman–Crippen LogP) is 3.47. The quantitative estimate of drug-likeness (QED) is 0.632. The molecule has 0 aromatic heterocycles. The summed E-state index contributed by atoms with van der Waals surface area (Å²) in [6.45, 7) is 7.08. The standard InChI is InChI=1S/C12H21N2O3P/c1-10(2)16-18(15,17-11(3)4)9-12(8-14)6-5-7-13/h10-12H,5-6,9H2,1-4H3. The molecule has 1 unspecified atom stereocenters. The fourth-order valence-corrected chi connectivity index (χ4v) is 3.77. The molecule has 0 aromatic rings. The molecule has 18 heavy (non-hydrogen) atoms. The lowest BCUT2D eigenvalue weighted by Crippen LogP contribution is -2.14. The minimum atomic E-state index is -3.28. The number of nitrogens with zero attached hydrogens (tertiary/aromatic N) is 2. The van der Waals surface area contributed by atoms with E-state index in [4.69, 9.17) is 19.6 Å². The minimum Gasteiger partial charge on any atom is -0.306 e. The molecule has 5 nitrogen and oxygen atoms in total. The van der Waals surface area contributed by atoms with Crippen LogP contribution in [0.4, 0.5) is 0 Å². The average molecular weight is 272 g/mol. The summed E-state index contributed by atoms with van der Waals surface area (Å²) in [6.07, 6.45) is 0.234. The highest BCUT2D eigenvalue weighted by molar-refractivity contribution is 7.53. The van der Waals surface area contributed by atoms with Gasteiger partial charge in [0.05, 0.1) is 36.4 Å². The van der Waals surface area contributed by atoms with Gasteiger partial charge >= 0.3 is 7.60 Å². The van der Waals surface area contributed by atoms with Gasteiger partial charge in [-0.15, -0.1) is 0 Å². The average Bonchev–Trinajstić information content (AvgIpc) is 2.21. The molecule has 0 radical (unpaired) electrons. The number of hydrogen-bond donors (Lipinski definition) is 0. The van der Waals surface area contributed by atoms with Crippen LogP contribution in [0.3, 0.4) is 0 Å². The lowest BCUT2D eigenvalue weighted by atomic mass is 10.1. The first-order chi connectivity index (χ1) is 8.33. The van der Waals surface area contributed by atoms with E-state index < -0.39 is 13.5 Å². The first-order valence-electron chi connectivity index (χ1n) is 6.05. The summed E-state index contributed by atoms with van der Waals surface area (Å²) >= 11 is 0. The molecule has 0 bridgehead atoms. The summed E-state index contributed by atoms with van der Waals surface area (Å²) in [4.78, 5) is 0. The van der Waals surface area contributed by atoms with Gasteiger partial charge in [0.2, 0.25) is 0 Å². The molecule has 0 fully saturated rings. The lowest BCUT2D eigenvalue weighted by molar-refractivity contribution is 0.141. The van der Waals surface area contributed by atoms with Gasteiger partial charge in [0.15, 0.2) is 0 Å². The van der Waals surface area contributed by atoms with Crippen LogP contribution in [0, 0.1) is 28.6 Å². The maximum Gasteiger partial charge on any atom is 0.332 e. The van der Waals surface area contributed by atoms with Crippen molar-refractivity contribution in [2.75, 3.05) is 6.16 Å². The van der Waals surface area contributed by atoms with E-state index in [9.17, 15) is 4.57 Å². The van der Waals surface area contributed by atoms with Crippen molar-refractivity contribution in [3.8, 4) is 12.1 Å². The molecule has 0 amide bonds. The molecule has 0 saturated heterocycles. The number of nitriles is 2. The van der Waals surface area contributed by atoms with Gasteiger partial charge in [-0.2, -0.15) is 10.5 Å². The third-order valence-electron chi connectivity index (χ3n) is 1.97. The van der Waals surface area contributed by atoms with Gasteiger partial charge < -0.3 is 9.05 Å². The Labute approximate surface area is 109 Å². The Hall–Kier alpha value is -0.870. The Morgan fingerprint density at radius 1 is 1.11 bits per heavy atom. The molecule has 0 N–H and O–H groups in total. The van der Waals surface area contributed by atoms with Gasteiger partial charge in [0.25, 0.3) is 0 Å². The van der Waals surface area contributed by atoms with Crippen molar-refractivity contribution in [3.63, 3.8) is 0 Å². The van der Waals surface area contributed by atoms with Gasteiger partial charge in [-0.25, -0.2) is 0 Å². The molecule has 0 saturated carbocycles. The van der Waals surface area contributed by atoms with Gasteiger partial charge in [0, 0.05) is 6.42 Å². The van der Waals surface area contributed by atoms with Crippen molar-refractivity contribution in [3.05, 3.63) is 0 Å². The summed E-state index contributed by atoms with van der Waals surface area (Å²) in [5.74, 6) is -0.479. The van der Waals surface area contributed by atoms with Crippen LogP contribution in [0.2, 0.25) is 0 Å². The van der Waals surface area contributed by atoms with Crippen molar-refractivity contribution in [2.45, 2.75) is 52.7 Å². The summed E-state index contributed by atoms with van der Waals surface area (Å²) in [7, 11) is -3.28. The van der Waals surface area contributed by atoms with E-state index in [1.807, 2.05) is 6.07 Å². The minimum absolute atomic E-state index is 0.0432. The van der Waals surface area contributed by atoms with Crippen molar-refractivity contribution in [2.24, 2.45) is 5.92 Å². The highest BCUT2D eigenvalue weighted by Crippen LogP contribution is 2.52. The monoisotopic (exact) mass is 272 g/mol. The van der Waals surface area contributed by atoms with Crippen LogP contribution >= 0.6 is 7.60 Å². The smallest absolute Gasteiger partial charge is 0.306 e. The van der Waals surface area contributed by atoms with Crippen LogP contribution in [0.5, 0.6) is 0 Å². The van der Waals surface area contributed by atoms with Crippen LogP contribution in [0.25, 0.3) is 0 Å². The maximum absolute atomic E-state index is 12.5. The molecule has 0 aliphatic heterocycles. The Morgan fingerprint density at radius 2 is 1.61 bits per heavy atom. The first kappa shape index (κ1) is 17.1.